The first-order valence-electron chi connectivity index (χ1n) is 9.67. The van der Waals surface area contributed by atoms with Crippen molar-refractivity contribution in [1.82, 2.24) is 19.7 Å². The van der Waals surface area contributed by atoms with E-state index in [0.717, 1.165) is 56.5 Å². The van der Waals surface area contributed by atoms with E-state index in [1.54, 1.807) is 0 Å². The second-order valence-corrected chi connectivity index (χ2v) is 7.12. The lowest BCUT2D eigenvalue weighted by atomic mass is 10.2. The van der Waals surface area contributed by atoms with Gasteiger partial charge in [-0.25, -0.2) is 9.38 Å². The molecule has 0 bridgehead atoms. The molecule has 1 aromatic carbocycles. The van der Waals surface area contributed by atoms with Crippen LogP contribution in [0.2, 0.25) is 0 Å². The smallest absolute Gasteiger partial charge is 0.191 e. The molecule has 0 spiro atoms. The highest BCUT2D eigenvalue weighted by Crippen LogP contribution is 2.17. The Morgan fingerprint density at radius 1 is 1.00 bits per heavy atom. The standard InChI is InChI=1S/C19H26FN7.HI/c20-15-5-7-16(8-6-15)25-10-12-26(13-11-25)19(21)22-14-18-24-23-17-4-2-1-3-9-27(17)18;/h5-8H,1-4,9-14H2,(H2,21,22);1H. The predicted octanol–water partition coefficient (Wildman–Crippen LogP) is 2.40. The van der Waals surface area contributed by atoms with E-state index in [-0.39, 0.29) is 29.8 Å². The van der Waals surface area contributed by atoms with Crippen molar-refractivity contribution in [2.24, 2.45) is 10.7 Å². The first kappa shape index (κ1) is 20.8. The first-order valence-corrected chi connectivity index (χ1v) is 9.67. The second-order valence-electron chi connectivity index (χ2n) is 7.12. The van der Waals surface area contributed by atoms with E-state index >= 15 is 0 Å². The number of rotatable bonds is 3. The molecule has 0 amide bonds. The zero-order valence-corrected chi connectivity index (χ0v) is 18.3. The molecule has 2 aliphatic heterocycles. The molecule has 1 fully saturated rings. The maximum absolute atomic E-state index is 13.1. The molecule has 0 radical (unpaired) electrons. The molecule has 152 valence electrons. The van der Waals surface area contributed by atoms with Gasteiger partial charge >= 0.3 is 0 Å². The molecule has 2 aromatic rings. The quantitative estimate of drug-likeness (QED) is 0.399. The van der Waals surface area contributed by atoms with Gasteiger partial charge in [0.1, 0.15) is 18.2 Å². The number of anilines is 1. The highest BCUT2D eigenvalue weighted by atomic mass is 127. The Labute approximate surface area is 181 Å². The average Bonchev–Trinajstić information content (AvgIpc) is 2.93. The molecule has 3 heterocycles. The largest absolute Gasteiger partial charge is 0.370 e. The van der Waals surface area contributed by atoms with E-state index in [2.05, 4.69) is 29.6 Å². The summed E-state index contributed by atoms with van der Waals surface area (Å²) in [7, 11) is 0. The highest BCUT2D eigenvalue weighted by molar-refractivity contribution is 14.0. The summed E-state index contributed by atoms with van der Waals surface area (Å²) >= 11 is 0. The van der Waals surface area contributed by atoms with Gasteiger partial charge in [0.15, 0.2) is 11.8 Å². The number of hydrogen-bond donors (Lipinski definition) is 1. The number of aryl methyl sites for hydroxylation is 1. The third kappa shape index (κ3) is 4.73. The van der Waals surface area contributed by atoms with Gasteiger partial charge in [0.25, 0.3) is 0 Å². The van der Waals surface area contributed by atoms with Crippen LogP contribution in [0.4, 0.5) is 10.1 Å². The fourth-order valence-electron chi connectivity index (χ4n) is 3.76. The van der Waals surface area contributed by atoms with E-state index in [9.17, 15) is 4.39 Å². The van der Waals surface area contributed by atoms with Crippen molar-refractivity contribution in [3.8, 4) is 0 Å². The minimum atomic E-state index is -0.208. The fraction of sp³-hybridized carbons (Fsp3) is 0.526. The summed E-state index contributed by atoms with van der Waals surface area (Å²) in [6, 6.07) is 6.64. The summed E-state index contributed by atoms with van der Waals surface area (Å²) in [4.78, 5) is 8.90. The number of halogens is 2. The molecule has 0 aliphatic carbocycles. The molecular weight excluding hydrogens is 472 g/mol. The van der Waals surface area contributed by atoms with Gasteiger partial charge in [0.05, 0.1) is 0 Å². The van der Waals surface area contributed by atoms with E-state index in [4.69, 9.17) is 5.73 Å². The Morgan fingerprint density at radius 2 is 1.75 bits per heavy atom. The summed E-state index contributed by atoms with van der Waals surface area (Å²) in [6.45, 7) is 4.71. The van der Waals surface area contributed by atoms with Crippen LogP contribution in [0.3, 0.4) is 0 Å². The van der Waals surface area contributed by atoms with E-state index in [1.807, 2.05) is 12.1 Å². The van der Waals surface area contributed by atoms with Crippen molar-refractivity contribution < 1.29 is 4.39 Å². The Hall–Kier alpha value is -1.91. The van der Waals surface area contributed by atoms with Crippen molar-refractivity contribution in [1.29, 1.82) is 0 Å². The highest BCUT2D eigenvalue weighted by Gasteiger charge is 2.19. The van der Waals surface area contributed by atoms with Gasteiger partial charge in [-0.3, -0.25) is 0 Å². The van der Waals surface area contributed by atoms with Crippen LogP contribution in [0.5, 0.6) is 0 Å². The van der Waals surface area contributed by atoms with Gasteiger partial charge in [-0.15, -0.1) is 34.2 Å². The Balaban J connectivity index is 0.00000225. The van der Waals surface area contributed by atoms with Gasteiger partial charge in [0.2, 0.25) is 0 Å². The topological polar surface area (TPSA) is 75.6 Å². The minimum absolute atomic E-state index is 0. The van der Waals surface area contributed by atoms with E-state index in [1.165, 1.54) is 31.4 Å². The molecule has 9 heteroatoms. The summed E-state index contributed by atoms with van der Waals surface area (Å²) in [5.41, 5.74) is 7.27. The second kappa shape index (κ2) is 9.53. The number of benzene rings is 1. The van der Waals surface area contributed by atoms with Crippen LogP contribution in [0.25, 0.3) is 0 Å². The monoisotopic (exact) mass is 499 g/mol. The molecule has 2 N–H and O–H groups in total. The van der Waals surface area contributed by atoms with Crippen LogP contribution in [0.15, 0.2) is 29.3 Å². The molecule has 2 aliphatic rings. The van der Waals surface area contributed by atoms with Gasteiger partial charge in [-0.05, 0) is 37.1 Å². The number of guanidine groups is 1. The molecule has 0 saturated carbocycles. The molecule has 0 atom stereocenters. The van der Waals surface area contributed by atoms with Crippen molar-refractivity contribution in [2.45, 2.75) is 38.8 Å². The van der Waals surface area contributed by atoms with Crippen LogP contribution in [0, 0.1) is 5.82 Å². The first-order chi connectivity index (χ1) is 13.2. The zero-order valence-electron chi connectivity index (χ0n) is 15.9. The summed E-state index contributed by atoms with van der Waals surface area (Å²) in [5.74, 6) is 2.32. The van der Waals surface area contributed by atoms with Gasteiger partial charge in [0, 0.05) is 44.8 Å². The van der Waals surface area contributed by atoms with Crippen LogP contribution >= 0.6 is 24.0 Å². The number of fused-ring (bicyclic) bond motifs is 1. The zero-order chi connectivity index (χ0) is 18.6. The van der Waals surface area contributed by atoms with Crippen molar-refractivity contribution >= 4 is 35.6 Å². The van der Waals surface area contributed by atoms with Gasteiger partial charge in [-0.1, -0.05) is 6.42 Å². The number of aromatic nitrogens is 3. The van der Waals surface area contributed by atoms with Gasteiger partial charge in [-0.2, -0.15) is 0 Å². The van der Waals surface area contributed by atoms with E-state index < -0.39 is 0 Å². The molecular formula is C19H27FIN7. The fourth-order valence-corrected chi connectivity index (χ4v) is 3.76. The lowest BCUT2D eigenvalue weighted by molar-refractivity contribution is 0.380. The van der Waals surface area contributed by atoms with Crippen molar-refractivity contribution in [3.63, 3.8) is 0 Å². The van der Waals surface area contributed by atoms with Crippen LogP contribution in [0.1, 0.15) is 30.9 Å². The molecule has 1 aromatic heterocycles. The number of hydrogen-bond acceptors (Lipinski definition) is 4. The Morgan fingerprint density at radius 3 is 2.50 bits per heavy atom. The number of aliphatic imine (C=N–C) groups is 1. The van der Waals surface area contributed by atoms with Crippen LogP contribution < -0.4 is 10.6 Å². The molecule has 1 saturated heterocycles. The molecule has 28 heavy (non-hydrogen) atoms. The number of nitrogens with zero attached hydrogens (tertiary/aromatic N) is 6. The lowest BCUT2D eigenvalue weighted by Crippen LogP contribution is -2.51. The predicted molar refractivity (Wildman–Crippen MR) is 119 cm³/mol. The minimum Gasteiger partial charge on any atom is -0.370 e. The summed E-state index contributed by atoms with van der Waals surface area (Å²) in [5, 5.41) is 8.62. The van der Waals surface area contributed by atoms with Crippen LogP contribution in [-0.4, -0.2) is 51.8 Å². The van der Waals surface area contributed by atoms with Crippen molar-refractivity contribution in [2.75, 3.05) is 31.1 Å². The third-order valence-electron chi connectivity index (χ3n) is 5.36. The number of piperazine rings is 1. The molecule has 4 rings (SSSR count). The maximum atomic E-state index is 13.1. The summed E-state index contributed by atoms with van der Waals surface area (Å²) in [6.07, 6.45) is 4.59. The van der Waals surface area contributed by atoms with Crippen molar-refractivity contribution in [3.05, 3.63) is 41.7 Å². The van der Waals surface area contributed by atoms with Crippen LogP contribution in [-0.2, 0) is 19.5 Å². The Kier molecular flexibility index (Phi) is 7.08. The van der Waals surface area contributed by atoms with Gasteiger partial charge < -0.3 is 20.1 Å². The maximum Gasteiger partial charge on any atom is 0.191 e. The SMILES string of the molecule is I.NC(=NCc1nnc2n1CCCCC2)N1CCN(c2ccc(F)cc2)CC1. The average molecular weight is 499 g/mol. The van der Waals surface area contributed by atoms with E-state index in [0.29, 0.717) is 12.5 Å². The molecule has 0 unspecified atom stereocenters. The lowest BCUT2D eigenvalue weighted by Gasteiger charge is -2.36. The summed E-state index contributed by atoms with van der Waals surface area (Å²) < 4.78 is 15.3. The normalized spacial score (nSPS) is 17.7. The third-order valence-corrected chi connectivity index (χ3v) is 5.36. The Bertz CT molecular complexity index is 797. The molecule has 7 nitrogen and oxygen atoms in total. The number of nitrogens with two attached hydrogens (primary N) is 1.